The smallest absolute Gasteiger partial charge is 0.134 e. The first-order chi connectivity index (χ1) is 4.41. The van der Waals surface area contributed by atoms with Gasteiger partial charge in [0.2, 0.25) is 0 Å². The summed E-state index contributed by atoms with van der Waals surface area (Å²) in [7, 11) is 0. The van der Waals surface area contributed by atoms with Gasteiger partial charge in [-0.2, -0.15) is 0 Å². The van der Waals surface area contributed by atoms with Crippen molar-refractivity contribution in [2.45, 2.75) is 0 Å². The zero-order valence-electron chi connectivity index (χ0n) is 4.46. The Morgan fingerprint density at radius 2 is 2.22 bits per heavy atom. The minimum Gasteiger partial charge on any atom is -0.392 e. The predicted molar refractivity (Wildman–Crippen MR) is 36.4 cm³/mol. The van der Waals surface area contributed by atoms with E-state index in [1.165, 1.54) is 18.7 Å². The van der Waals surface area contributed by atoms with Gasteiger partial charge >= 0.3 is 0 Å². The topological polar surface area (TPSA) is 30.8 Å². The van der Waals surface area contributed by atoms with Crippen molar-refractivity contribution in [2.75, 3.05) is 6.61 Å². The van der Waals surface area contributed by atoms with Crippen molar-refractivity contribution < 1.29 is 8.58 Å². The summed E-state index contributed by atoms with van der Waals surface area (Å²) in [5.41, 5.74) is 0. The number of hydrogen-bond acceptors (Lipinski definition) is 3. The SMILES string of the molecule is ClO/C=C/N=CCOCl. The summed E-state index contributed by atoms with van der Waals surface area (Å²) in [6.07, 6.45) is 4.04. The normalized spacial score (nSPS) is 11.3. The molecule has 0 unspecified atom stereocenters. The van der Waals surface area contributed by atoms with Crippen LogP contribution in [0.15, 0.2) is 17.5 Å². The Hall–Kier alpha value is -0.250. The second-order valence-electron chi connectivity index (χ2n) is 0.982. The van der Waals surface area contributed by atoms with Gasteiger partial charge in [-0.25, -0.2) is 0 Å². The molecule has 52 valence electrons. The van der Waals surface area contributed by atoms with Crippen LogP contribution < -0.4 is 0 Å². The highest BCUT2D eigenvalue weighted by molar-refractivity contribution is 6.08. The maximum atomic E-state index is 4.84. The number of nitrogens with zero attached hydrogens (tertiary/aromatic N) is 1. The zero-order chi connectivity index (χ0) is 6.95. The first-order valence-corrected chi connectivity index (χ1v) is 2.71. The van der Waals surface area contributed by atoms with Crippen molar-refractivity contribution >= 4 is 29.9 Å². The van der Waals surface area contributed by atoms with Crippen molar-refractivity contribution in [2.24, 2.45) is 4.99 Å². The van der Waals surface area contributed by atoms with E-state index in [0.29, 0.717) is 0 Å². The van der Waals surface area contributed by atoms with Gasteiger partial charge in [0.05, 0.1) is 18.1 Å². The molecule has 0 saturated carbocycles. The van der Waals surface area contributed by atoms with Crippen molar-refractivity contribution in [3.05, 3.63) is 12.5 Å². The van der Waals surface area contributed by atoms with Crippen LogP contribution in [0.1, 0.15) is 0 Å². The first kappa shape index (κ1) is 8.75. The predicted octanol–water partition coefficient (Wildman–Crippen LogP) is 1.87. The Morgan fingerprint density at radius 1 is 1.44 bits per heavy atom. The van der Waals surface area contributed by atoms with Crippen molar-refractivity contribution in [3.63, 3.8) is 0 Å². The van der Waals surface area contributed by atoms with Crippen LogP contribution in [-0.2, 0) is 8.58 Å². The highest BCUT2D eigenvalue weighted by Gasteiger charge is 1.70. The van der Waals surface area contributed by atoms with Gasteiger partial charge in [0.25, 0.3) is 0 Å². The molecular formula is C4H5Cl2NO2. The van der Waals surface area contributed by atoms with Crippen LogP contribution >= 0.6 is 23.7 Å². The molecular weight excluding hydrogens is 165 g/mol. The fourth-order valence-corrected chi connectivity index (χ4v) is 0.293. The summed E-state index contributed by atoms with van der Waals surface area (Å²) in [6, 6.07) is 0. The molecule has 0 fully saturated rings. The van der Waals surface area contributed by atoms with Crippen molar-refractivity contribution in [1.82, 2.24) is 0 Å². The van der Waals surface area contributed by atoms with Crippen LogP contribution in [0, 0.1) is 0 Å². The average Bonchev–Trinajstić information content (AvgIpc) is 1.89. The highest BCUT2D eigenvalue weighted by Crippen LogP contribution is 1.81. The molecule has 0 atom stereocenters. The monoisotopic (exact) mass is 169 g/mol. The van der Waals surface area contributed by atoms with E-state index in [9.17, 15) is 0 Å². The van der Waals surface area contributed by atoms with Crippen LogP contribution in [0.5, 0.6) is 0 Å². The Balaban J connectivity index is 3.13. The van der Waals surface area contributed by atoms with Crippen molar-refractivity contribution in [3.8, 4) is 0 Å². The summed E-state index contributed by atoms with van der Waals surface area (Å²) in [4.78, 5) is 3.63. The van der Waals surface area contributed by atoms with Gasteiger partial charge in [-0.05, 0) is 0 Å². The summed E-state index contributed by atoms with van der Waals surface area (Å²) < 4.78 is 8.16. The summed E-state index contributed by atoms with van der Waals surface area (Å²) in [6.45, 7) is 0.258. The molecule has 0 aliphatic heterocycles. The molecule has 0 aromatic rings. The molecule has 0 aliphatic carbocycles. The third kappa shape index (κ3) is 7.75. The Labute approximate surface area is 63.2 Å². The number of aliphatic imine (C=N–C) groups is 1. The molecule has 0 aliphatic rings. The Morgan fingerprint density at radius 3 is 2.78 bits per heavy atom. The van der Waals surface area contributed by atoms with E-state index in [1.807, 2.05) is 0 Å². The van der Waals surface area contributed by atoms with Gasteiger partial charge < -0.3 is 4.29 Å². The quantitative estimate of drug-likeness (QED) is 0.476. The molecule has 9 heavy (non-hydrogen) atoms. The van der Waals surface area contributed by atoms with Gasteiger partial charge in [0.15, 0.2) is 0 Å². The molecule has 0 aromatic heterocycles. The summed E-state index contributed by atoms with van der Waals surface area (Å²) >= 11 is 9.64. The highest BCUT2D eigenvalue weighted by atomic mass is 35.5. The van der Waals surface area contributed by atoms with Crippen LogP contribution in [0.25, 0.3) is 0 Å². The summed E-state index contributed by atoms with van der Waals surface area (Å²) in [5, 5.41) is 0. The number of halogens is 2. The minimum absolute atomic E-state index is 0.258. The maximum Gasteiger partial charge on any atom is 0.134 e. The zero-order valence-corrected chi connectivity index (χ0v) is 5.97. The fraction of sp³-hybridized carbons (Fsp3) is 0.250. The van der Waals surface area contributed by atoms with Crippen LogP contribution in [-0.4, -0.2) is 12.8 Å². The van der Waals surface area contributed by atoms with Crippen LogP contribution in [0.3, 0.4) is 0 Å². The third-order valence-electron chi connectivity index (χ3n) is 0.441. The standard InChI is InChI=1S/C4H5Cl2NO2/c5-8-3-1-7-2-4-9-6/h1-3H,4H2/b3-1+,7-2?. The molecule has 0 saturated heterocycles. The van der Waals surface area contributed by atoms with E-state index >= 15 is 0 Å². The molecule has 0 amide bonds. The molecule has 0 N–H and O–H groups in total. The van der Waals surface area contributed by atoms with E-state index < -0.39 is 0 Å². The lowest BCUT2D eigenvalue weighted by Gasteiger charge is -1.79. The van der Waals surface area contributed by atoms with Gasteiger partial charge in [-0.1, -0.05) is 0 Å². The van der Waals surface area contributed by atoms with Crippen LogP contribution in [0.4, 0.5) is 0 Å². The van der Waals surface area contributed by atoms with Crippen LogP contribution in [0.2, 0.25) is 0 Å². The van der Waals surface area contributed by atoms with E-state index in [2.05, 4.69) is 13.6 Å². The van der Waals surface area contributed by atoms with Gasteiger partial charge in [0, 0.05) is 6.21 Å². The van der Waals surface area contributed by atoms with Crippen molar-refractivity contribution in [1.29, 1.82) is 0 Å². The van der Waals surface area contributed by atoms with E-state index in [0.717, 1.165) is 0 Å². The Bertz CT molecular complexity index is 105. The first-order valence-electron chi connectivity index (χ1n) is 2.09. The third-order valence-corrected chi connectivity index (χ3v) is 0.670. The Kier molecular flexibility index (Phi) is 7.53. The molecule has 3 nitrogen and oxygen atoms in total. The molecule has 0 spiro atoms. The molecule has 5 heteroatoms. The minimum atomic E-state index is 0.258. The van der Waals surface area contributed by atoms with E-state index in [4.69, 9.17) is 23.7 Å². The fourth-order valence-electron chi connectivity index (χ4n) is 0.190. The molecule has 0 radical (unpaired) electrons. The van der Waals surface area contributed by atoms with Gasteiger partial charge in [0.1, 0.15) is 24.7 Å². The summed E-state index contributed by atoms with van der Waals surface area (Å²) in [5.74, 6) is 0. The second kappa shape index (κ2) is 7.75. The molecule has 0 bridgehead atoms. The lowest BCUT2D eigenvalue weighted by molar-refractivity contribution is 0.424. The number of rotatable bonds is 4. The maximum absolute atomic E-state index is 4.84. The lowest BCUT2D eigenvalue weighted by Crippen LogP contribution is -1.81. The lowest BCUT2D eigenvalue weighted by atomic mass is 10.8. The van der Waals surface area contributed by atoms with Gasteiger partial charge in [-0.15, -0.1) is 0 Å². The molecule has 0 aromatic carbocycles. The average molecular weight is 170 g/mol. The van der Waals surface area contributed by atoms with E-state index in [1.54, 1.807) is 0 Å². The molecule has 0 rings (SSSR count). The van der Waals surface area contributed by atoms with E-state index in [-0.39, 0.29) is 6.61 Å². The number of hydrogen-bond donors (Lipinski definition) is 0. The second-order valence-corrected chi connectivity index (χ2v) is 1.38. The van der Waals surface area contributed by atoms with Gasteiger partial charge in [-0.3, -0.25) is 9.28 Å². The largest absolute Gasteiger partial charge is 0.392 e. The molecule has 0 heterocycles.